The standard InChI is InChI=1S/C17H18F3N/c18-15(11-21)9-13-4-1-12(2-5-13)3-6-14-7-8-16(19)17(20)10-14/h7-10,12-13H,1-6H2/b15-9-. The van der Waals surface area contributed by atoms with Crippen LogP contribution < -0.4 is 0 Å². The fourth-order valence-corrected chi connectivity index (χ4v) is 2.95. The first-order valence-electron chi connectivity index (χ1n) is 7.30. The normalized spacial score (nSPS) is 22.9. The molecule has 0 spiro atoms. The van der Waals surface area contributed by atoms with Gasteiger partial charge in [-0.25, -0.2) is 8.78 Å². The second-order valence-corrected chi connectivity index (χ2v) is 5.69. The van der Waals surface area contributed by atoms with Crippen LogP contribution in [0.4, 0.5) is 13.2 Å². The van der Waals surface area contributed by atoms with Crippen molar-refractivity contribution in [2.75, 3.05) is 0 Å². The van der Waals surface area contributed by atoms with Crippen molar-refractivity contribution < 1.29 is 13.2 Å². The van der Waals surface area contributed by atoms with Gasteiger partial charge in [0.1, 0.15) is 6.07 Å². The van der Waals surface area contributed by atoms with Gasteiger partial charge in [0.25, 0.3) is 0 Å². The highest BCUT2D eigenvalue weighted by atomic mass is 19.2. The van der Waals surface area contributed by atoms with Crippen molar-refractivity contribution in [1.29, 1.82) is 5.26 Å². The predicted molar refractivity (Wildman–Crippen MR) is 74.9 cm³/mol. The van der Waals surface area contributed by atoms with E-state index < -0.39 is 17.5 Å². The van der Waals surface area contributed by atoms with Gasteiger partial charge in [-0.1, -0.05) is 6.07 Å². The molecule has 1 nitrogen and oxygen atoms in total. The lowest BCUT2D eigenvalue weighted by Gasteiger charge is -2.26. The molecule has 1 aliphatic rings. The number of nitriles is 1. The summed E-state index contributed by atoms with van der Waals surface area (Å²) in [6.45, 7) is 0. The number of hydrogen-bond donors (Lipinski definition) is 0. The van der Waals surface area contributed by atoms with E-state index in [0.29, 0.717) is 5.92 Å². The topological polar surface area (TPSA) is 23.8 Å². The molecular formula is C17H18F3N. The van der Waals surface area contributed by atoms with Gasteiger partial charge in [0, 0.05) is 0 Å². The monoisotopic (exact) mass is 293 g/mol. The smallest absolute Gasteiger partial charge is 0.196 e. The lowest BCUT2D eigenvalue weighted by Crippen LogP contribution is -2.14. The summed E-state index contributed by atoms with van der Waals surface area (Å²) in [6, 6.07) is 5.55. The van der Waals surface area contributed by atoms with Crippen LogP contribution in [-0.4, -0.2) is 0 Å². The van der Waals surface area contributed by atoms with Crippen LogP contribution in [0.2, 0.25) is 0 Å². The van der Waals surface area contributed by atoms with Crippen LogP contribution in [-0.2, 0) is 6.42 Å². The number of nitrogens with zero attached hydrogens (tertiary/aromatic N) is 1. The van der Waals surface area contributed by atoms with Crippen LogP contribution in [0, 0.1) is 34.8 Å². The Morgan fingerprint density at radius 1 is 1.19 bits per heavy atom. The number of rotatable bonds is 4. The molecule has 0 saturated heterocycles. The average molecular weight is 293 g/mol. The van der Waals surface area contributed by atoms with E-state index in [1.165, 1.54) is 18.2 Å². The molecule has 0 atom stereocenters. The van der Waals surface area contributed by atoms with E-state index in [-0.39, 0.29) is 5.92 Å². The Morgan fingerprint density at radius 2 is 1.90 bits per heavy atom. The van der Waals surface area contributed by atoms with Gasteiger partial charge in [-0.3, -0.25) is 0 Å². The number of benzene rings is 1. The second-order valence-electron chi connectivity index (χ2n) is 5.69. The van der Waals surface area contributed by atoms with E-state index in [1.807, 2.05) is 0 Å². The van der Waals surface area contributed by atoms with Gasteiger partial charge in [0.2, 0.25) is 0 Å². The third-order valence-corrected chi connectivity index (χ3v) is 4.21. The van der Waals surface area contributed by atoms with Crippen molar-refractivity contribution in [3.8, 4) is 6.07 Å². The van der Waals surface area contributed by atoms with E-state index in [0.717, 1.165) is 50.2 Å². The van der Waals surface area contributed by atoms with Crippen molar-refractivity contribution in [3.05, 3.63) is 47.3 Å². The molecule has 1 saturated carbocycles. The number of halogens is 3. The van der Waals surface area contributed by atoms with Gasteiger partial charge < -0.3 is 0 Å². The number of aryl methyl sites for hydroxylation is 1. The Labute approximate surface area is 123 Å². The minimum Gasteiger partial charge on any atom is -0.204 e. The Balaban J connectivity index is 1.79. The van der Waals surface area contributed by atoms with E-state index in [2.05, 4.69) is 0 Å². The zero-order valence-electron chi connectivity index (χ0n) is 11.8. The van der Waals surface area contributed by atoms with Gasteiger partial charge >= 0.3 is 0 Å². The Bertz CT molecular complexity index is 552. The maximum absolute atomic E-state index is 13.1. The molecule has 4 heteroatoms. The molecule has 0 radical (unpaired) electrons. The van der Waals surface area contributed by atoms with Crippen LogP contribution in [0.3, 0.4) is 0 Å². The van der Waals surface area contributed by atoms with Crippen LogP contribution in [0.25, 0.3) is 0 Å². The van der Waals surface area contributed by atoms with Gasteiger partial charge in [-0.2, -0.15) is 9.65 Å². The maximum atomic E-state index is 13.1. The van der Waals surface area contributed by atoms with Crippen LogP contribution in [0.1, 0.15) is 37.7 Å². The van der Waals surface area contributed by atoms with E-state index in [4.69, 9.17) is 5.26 Å². The highest BCUT2D eigenvalue weighted by molar-refractivity contribution is 5.18. The van der Waals surface area contributed by atoms with E-state index >= 15 is 0 Å². The molecule has 0 unspecified atom stereocenters. The largest absolute Gasteiger partial charge is 0.204 e. The fraction of sp³-hybridized carbons (Fsp3) is 0.471. The lowest BCUT2D eigenvalue weighted by molar-refractivity contribution is 0.294. The first kappa shape index (κ1) is 15.6. The zero-order chi connectivity index (χ0) is 15.2. The minimum absolute atomic E-state index is 0.157. The van der Waals surface area contributed by atoms with Crippen LogP contribution in [0.15, 0.2) is 30.1 Å². The molecule has 1 aromatic carbocycles. The molecule has 1 aliphatic carbocycles. The summed E-state index contributed by atoms with van der Waals surface area (Å²) < 4.78 is 38.8. The molecule has 0 aromatic heterocycles. The van der Waals surface area contributed by atoms with Crippen molar-refractivity contribution in [3.63, 3.8) is 0 Å². The second kappa shape index (κ2) is 7.31. The molecule has 0 aliphatic heterocycles. The molecule has 0 amide bonds. The summed E-state index contributed by atoms with van der Waals surface area (Å²) in [5.41, 5.74) is 0.812. The Kier molecular flexibility index (Phi) is 5.44. The average Bonchev–Trinajstić information content (AvgIpc) is 2.50. The highest BCUT2D eigenvalue weighted by Gasteiger charge is 2.20. The summed E-state index contributed by atoms with van der Waals surface area (Å²) in [4.78, 5) is 0. The Morgan fingerprint density at radius 3 is 2.52 bits per heavy atom. The summed E-state index contributed by atoms with van der Waals surface area (Å²) >= 11 is 0. The molecule has 112 valence electrons. The van der Waals surface area contributed by atoms with Crippen molar-refractivity contribution in [1.82, 2.24) is 0 Å². The molecule has 0 bridgehead atoms. The van der Waals surface area contributed by atoms with Gasteiger partial charge in [0.05, 0.1) is 0 Å². The molecule has 1 fully saturated rings. The summed E-state index contributed by atoms with van der Waals surface area (Å²) in [5.74, 6) is -1.61. The van der Waals surface area contributed by atoms with Crippen molar-refractivity contribution in [2.24, 2.45) is 11.8 Å². The first-order valence-corrected chi connectivity index (χ1v) is 7.30. The van der Waals surface area contributed by atoms with Crippen molar-refractivity contribution >= 4 is 0 Å². The van der Waals surface area contributed by atoms with Gasteiger partial charge in [-0.05, 0) is 74.1 Å². The molecule has 2 rings (SSSR count). The predicted octanol–water partition coefficient (Wildman–Crippen LogP) is 5.08. The number of hydrogen-bond acceptors (Lipinski definition) is 1. The molecule has 0 N–H and O–H groups in total. The first-order chi connectivity index (χ1) is 10.1. The fourth-order valence-electron chi connectivity index (χ4n) is 2.95. The van der Waals surface area contributed by atoms with Gasteiger partial charge in [0.15, 0.2) is 17.5 Å². The number of allylic oxidation sites excluding steroid dienone is 2. The van der Waals surface area contributed by atoms with Gasteiger partial charge in [-0.15, -0.1) is 0 Å². The summed E-state index contributed by atoms with van der Waals surface area (Å²) in [6.07, 6.45) is 6.84. The quantitative estimate of drug-likeness (QED) is 0.710. The third kappa shape index (κ3) is 4.63. The van der Waals surface area contributed by atoms with E-state index in [9.17, 15) is 13.2 Å². The van der Waals surface area contributed by atoms with Crippen LogP contribution in [0.5, 0.6) is 0 Å². The van der Waals surface area contributed by atoms with Crippen LogP contribution >= 0.6 is 0 Å². The molecule has 21 heavy (non-hydrogen) atoms. The highest BCUT2D eigenvalue weighted by Crippen LogP contribution is 2.33. The molecule has 1 aromatic rings. The minimum atomic E-state index is -0.814. The SMILES string of the molecule is N#C/C(F)=C/C1CCC(CCc2ccc(F)c(F)c2)CC1. The Hall–Kier alpha value is -1.76. The molecule has 0 heterocycles. The summed E-state index contributed by atoms with van der Waals surface area (Å²) in [5, 5.41) is 8.42. The zero-order valence-corrected chi connectivity index (χ0v) is 11.8. The summed E-state index contributed by atoms with van der Waals surface area (Å²) in [7, 11) is 0. The van der Waals surface area contributed by atoms with Crippen molar-refractivity contribution in [2.45, 2.75) is 38.5 Å². The third-order valence-electron chi connectivity index (χ3n) is 4.21. The molecular weight excluding hydrogens is 275 g/mol. The van der Waals surface area contributed by atoms with E-state index in [1.54, 1.807) is 6.07 Å². The lowest BCUT2D eigenvalue weighted by atomic mass is 9.79. The maximum Gasteiger partial charge on any atom is 0.196 e.